The van der Waals surface area contributed by atoms with E-state index in [1.54, 1.807) is 7.11 Å². The third-order valence-corrected chi connectivity index (χ3v) is 5.40. The standard InChI is InChI=1S/C22H28N6O.HI/c1-17-5-4-6-21-25-18(16-28(17)21)15-24-22(23-2)27-13-11-26(12-14-27)19-7-9-20(29-3)10-8-19;/h4-10,16H,11-15H2,1-3H3,(H,23,24);1H. The number of piperazine rings is 1. The van der Waals surface area contributed by atoms with Crippen molar-refractivity contribution in [2.24, 2.45) is 4.99 Å². The van der Waals surface area contributed by atoms with Gasteiger partial charge in [0.25, 0.3) is 0 Å². The molecule has 1 saturated heterocycles. The van der Waals surface area contributed by atoms with Gasteiger partial charge in [0.05, 0.1) is 19.3 Å². The number of fused-ring (bicyclic) bond motifs is 1. The van der Waals surface area contributed by atoms with Crippen LogP contribution in [0, 0.1) is 6.92 Å². The van der Waals surface area contributed by atoms with Crippen molar-refractivity contribution >= 4 is 41.3 Å². The van der Waals surface area contributed by atoms with Gasteiger partial charge in [0.2, 0.25) is 0 Å². The molecule has 1 aliphatic heterocycles. The van der Waals surface area contributed by atoms with E-state index in [4.69, 9.17) is 9.72 Å². The monoisotopic (exact) mass is 520 g/mol. The van der Waals surface area contributed by atoms with E-state index in [1.165, 1.54) is 11.4 Å². The van der Waals surface area contributed by atoms with Gasteiger partial charge in [0.15, 0.2) is 5.96 Å². The molecule has 0 aliphatic carbocycles. The molecule has 0 bridgehead atoms. The topological polar surface area (TPSA) is 57.4 Å². The summed E-state index contributed by atoms with van der Waals surface area (Å²) in [6.07, 6.45) is 2.09. The highest BCUT2D eigenvalue weighted by Crippen LogP contribution is 2.20. The number of aromatic nitrogens is 2. The number of anilines is 1. The largest absolute Gasteiger partial charge is 0.497 e. The maximum absolute atomic E-state index is 5.25. The number of nitrogens with zero attached hydrogens (tertiary/aromatic N) is 5. The number of nitrogens with one attached hydrogen (secondary N) is 1. The van der Waals surface area contributed by atoms with Gasteiger partial charge < -0.3 is 24.3 Å². The molecule has 0 saturated carbocycles. The summed E-state index contributed by atoms with van der Waals surface area (Å²) >= 11 is 0. The second kappa shape index (κ2) is 10.0. The number of rotatable bonds is 4. The minimum atomic E-state index is 0. The van der Waals surface area contributed by atoms with E-state index in [0.29, 0.717) is 6.54 Å². The summed E-state index contributed by atoms with van der Waals surface area (Å²) in [5.74, 6) is 1.81. The summed E-state index contributed by atoms with van der Waals surface area (Å²) in [5.41, 5.74) is 4.40. The molecule has 1 aromatic carbocycles. The molecule has 7 nitrogen and oxygen atoms in total. The van der Waals surface area contributed by atoms with Gasteiger partial charge in [-0.2, -0.15) is 0 Å². The first-order chi connectivity index (χ1) is 14.2. The van der Waals surface area contributed by atoms with Crippen LogP contribution < -0.4 is 15.0 Å². The van der Waals surface area contributed by atoms with Crippen LogP contribution in [-0.4, -0.2) is 60.6 Å². The molecule has 0 spiro atoms. The molecular formula is C22H29IN6O. The zero-order valence-electron chi connectivity index (χ0n) is 17.7. The van der Waals surface area contributed by atoms with Crippen molar-refractivity contribution in [1.29, 1.82) is 0 Å². The second-order valence-electron chi connectivity index (χ2n) is 7.20. The maximum atomic E-state index is 5.25. The Labute approximate surface area is 194 Å². The number of benzene rings is 1. The van der Waals surface area contributed by atoms with Gasteiger partial charge in [0, 0.05) is 50.8 Å². The van der Waals surface area contributed by atoms with Crippen LogP contribution in [0.5, 0.6) is 5.75 Å². The average Bonchev–Trinajstić information content (AvgIpc) is 3.19. The van der Waals surface area contributed by atoms with Crippen molar-refractivity contribution in [1.82, 2.24) is 19.6 Å². The van der Waals surface area contributed by atoms with Gasteiger partial charge in [-0.1, -0.05) is 6.07 Å². The van der Waals surface area contributed by atoms with E-state index in [1.807, 2.05) is 31.3 Å². The van der Waals surface area contributed by atoms with Crippen LogP contribution in [0.4, 0.5) is 5.69 Å². The number of halogens is 1. The van der Waals surface area contributed by atoms with Crippen LogP contribution in [0.25, 0.3) is 5.65 Å². The molecule has 0 radical (unpaired) electrons. The smallest absolute Gasteiger partial charge is 0.194 e. The minimum absolute atomic E-state index is 0. The molecular weight excluding hydrogens is 491 g/mol. The fraction of sp³-hybridized carbons (Fsp3) is 0.364. The van der Waals surface area contributed by atoms with E-state index in [-0.39, 0.29) is 24.0 Å². The fourth-order valence-corrected chi connectivity index (χ4v) is 3.76. The summed E-state index contributed by atoms with van der Waals surface area (Å²) in [7, 11) is 3.53. The molecule has 3 aromatic rings. The third-order valence-electron chi connectivity index (χ3n) is 5.40. The Morgan fingerprint density at radius 1 is 1.10 bits per heavy atom. The number of guanidine groups is 1. The van der Waals surface area contributed by atoms with Crippen molar-refractivity contribution in [3.05, 3.63) is 60.0 Å². The molecule has 0 atom stereocenters. The van der Waals surface area contributed by atoms with Gasteiger partial charge in [-0.3, -0.25) is 4.99 Å². The number of aliphatic imine (C=N–C) groups is 1. The Kier molecular flexibility index (Phi) is 7.41. The molecule has 30 heavy (non-hydrogen) atoms. The SMILES string of the molecule is CN=C(NCc1cn2c(C)cccc2n1)N1CCN(c2ccc(OC)cc2)CC1.I. The third kappa shape index (κ3) is 4.80. The summed E-state index contributed by atoms with van der Waals surface area (Å²) in [6, 6.07) is 14.4. The lowest BCUT2D eigenvalue weighted by Crippen LogP contribution is -2.52. The van der Waals surface area contributed by atoms with Crippen LogP contribution >= 0.6 is 24.0 Å². The molecule has 1 fully saturated rings. The van der Waals surface area contributed by atoms with Crippen LogP contribution in [0.3, 0.4) is 0 Å². The van der Waals surface area contributed by atoms with E-state index in [2.05, 4.69) is 55.8 Å². The molecule has 160 valence electrons. The van der Waals surface area contributed by atoms with Crippen molar-refractivity contribution in [2.75, 3.05) is 45.2 Å². The van der Waals surface area contributed by atoms with E-state index in [9.17, 15) is 0 Å². The normalized spacial score (nSPS) is 14.6. The number of imidazole rings is 1. The lowest BCUT2D eigenvalue weighted by atomic mass is 10.2. The lowest BCUT2D eigenvalue weighted by molar-refractivity contribution is 0.372. The Balaban J connectivity index is 0.00000256. The molecule has 1 aliphatic rings. The van der Waals surface area contributed by atoms with Crippen molar-refractivity contribution in [2.45, 2.75) is 13.5 Å². The van der Waals surface area contributed by atoms with Gasteiger partial charge in [0.1, 0.15) is 11.4 Å². The number of hydrogen-bond donors (Lipinski definition) is 1. The molecule has 3 heterocycles. The Bertz CT molecular complexity index is 993. The highest BCUT2D eigenvalue weighted by Gasteiger charge is 2.20. The number of pyridine rings is 1. The van der Waals surface area contributed by atoms with Crippen LogP contribution in [0.15, 0.2) is 53.7 Å². The van der Waals surface area contributed by atoms with Crippen LogP contribution in [-0.2, 0) is 6.54 Å². The molecule has 0 unspecified atom stereocenters. The molecule has 4 rings (SSSR count). The summed E-state index contributed by atoms with van der Waals surface area (Å²) in [6.45, 7) is 6.52. The number of aryl methyl sites for hydroxylation is 1. The highest BCUT2D eigenvalue weighted by atomic mass is 127. The van der Waals surface area contributed by atoms with Crippen molar-refractivity contribution in [3.63, 3.8) is 0 Å². The zero-order valence-corrected chi connectivity index (χ0v) is 20.0. The number of hydrogen-bond acceptors (Lipinski definition) is 4. The second-order valence-corrected chi connectivity index (χ2v) is 7.20. The van der Waals surface area contributed by atoms with Gasteiger partial charge in [-0.05, 0) is 43.3 Å². The quantitative estimate of drug-likeness (QED) is 0.326. The van der Waals surface area contributed by atoms with Gasteiger partial charge in [-0.25, -0.2) is 4.98 Å². The molecule has 2 aromatic heterocycles. The summed E-state index contributed by atoms with van der Waals surface area (Å²) in [4.78, 5) is 13.9. The first-order valence-electron chi connectivity index (χ1n) is 9.96. The Morgan fingerprint density at radius 3 is 2.47 bits per heavy atom. The fourth-order valence-electron chi connectivity index (χ4n) is 3.76. The molecule has 8 heteroatoms. The first-order valence-corrected chi connectivity index (χ1v) is 9.96. The maximum Gasteiger partial charge on any atom is 0.194 e. The van der Waals surface area contributed by atoms with Crippen LogP contribution in [0.1, 0.15) is 11.4 Å². The number of methoxy groups -OCH3 is 1. The minimum Gasteiger partial charge on any atom is -0.497 e. The Morgan fingerprint density at radius 2 is 1.83 bits per heavy atom. The number of ether oxygens (including phenoxy) is 1. The van der Waals surface area contributed by atoms with E-state index >= 15 is 0 Å². The molecule has 0 amide bonds. The van der Waals surface area contributed by atoms with Crippen molar-refractivity contribution < 1.29 is 4.74 Å². The van der Waals surface area contributed by atoms with E-state index in [0.717, 1.165) is 49.2 Å². The first kappa shape index (κ1) is 22.2. The average molecular weight is 520 g/mol. The van der Waals surface area contributed by atoms with Crippen LogP contribution in [0.2, 0.25) is 0 Å². The zero-order chi connectivity index (χ0) is 20.2. The Hall–Kier alpha value is -2.49. The van der Waals surface area contributed by atoms with E-state index < -0.39 is 0 Å². The summed E-state index contributed by atoms with van der Waals surface area (Å²) < 4.78 is 7.37. The van der Waals surface area contributed by atoms with Gasteiger partial charge >= 0.3 is 0 Å². The summed E-state index contributed by atoms with van der Waals surface area (Å²) in [5, 5.41) is 3.47. The lowest BCUT2D eigenvalue weighted by Gasteiger charge is -2.37. The predicted molar refractivity (Wildman–Crippen MR) is 132 cm³/mol. The van der Waals surface area contributed by atoms with Gasteiger partial charge in [-0.15, -0.1) is 24.0 Å². The highest BCUT2D eigenvalue weighted by molar-refractivity contribution is 14.0. The predicted octanol–water partition coefficient (Wildman–Crippen LogP) is 3.17. The van der Waals surface area contributed by atoms with Crippen molar-refractivity contribution in [3.8, 4) is 5.75 Å². The molecule has 1 N–H and O–H groups in total.